The van der Waals surface area contributed by atoms with Gasteiger partial charge in [0, 0.05) is 31.3 Å². The molecule has 2 aliphatic rings. The van der Waals surface area contributed by atoms with Gasteiger partial charge in [0.1, 0.15) is 5.82 Å². The number of carbonyl (C=O) groups excluding carboxylic acids is 1. The Morgan fingerprint density at radius 2 is 2.08 bits per heavy atom. The summed E-state index contributed by atoms with van der Waals surface area (Å²) in [5.41, 5.74) is 3.28. The molecule has 130 valence electrons. The standard InChI is InChI=1S/C20H24N4O/c1-23-10-5-8-18(23)20-21-13-16-14-24(11-9-17(16)22-20)19(25)12-15-6-3-2-4-7-15/h2-4,6-7,13,18H,5,8-12,14H2,1H3/t18-/m1/s1. The number of nitrogens with zero attached hydrogens (tertiary/aromatic N) is 4. The predicted octanol–water partition coefficient (Wildman–Crippen LogP) is 2.37. The van der Waals surface area contributed by atoms with Crippen molar-refractivity contribution in [3.8, 4) is 0 Å². The molecule has 1 aromatic carbocycles. The van der Waals surface area contributed by atoms with Crippen LogP contribution in [0.5, 0.6) is 0 Å². The van der Waals surface area contributed by atoms with Crippen molar-refractivity contribution in [1.82, 2.24) is 19.8 Å². The summed E-state index contributed by atoms with van der Waals surface area (Å²) in [6, 6.07) is 10.3. The van der Waals surface area contributed by atoms with E-state index in [1.54, 1.807) is 0 Å². The summed E-state index contributed by atoms with van der Waals surface area (Å²) in [6.07, 6.45) is 5.57. The van der Waals surface area contributed by atoms with Crippen LogP contribution in [0.3, 0.4) is 0 Å². The van der Waals surface area contributed by atoms with Crippen molar-refractivity contribution < 1.29 is 4.79 Å². The number of carbonyl (C=O) groups is 1. The van der Waals surface area contributed by atoms with Gasteiger partial charge in [-0.2, -0.15) is 0 Å². The van der Waals surface area contributed by atoms with Crippen LogP contribution in [0.25, 0.3) is 0 Å². The lowest BCUT2D eigenvalue weighted by molar-refractivity contribution is -0.131. The van der Waals surface area contributed by atoms with E-state index in [0.717, 1.165) is 48.6 Å². The highest BCUT2D eigenvalue weighted by Gasteiger charge is 2.27. The Hall–Kier alpha value is -2.27. The largest absolute Gasteiger partial charge is 0.338 e. The summed E-state index contributed by atoms with van der Waals surface area (Å²) >= 11 is 0. The number of likely N-dealkylation sites (tertiary alicyclic amines) is 1. The second-order valence-corrected chi connectivity index (χ2v) is 7.07. The van der Waals surface area contributed by atoms with E-state index in [2.05, 4.69) is 16.9 Å². The third kappa shape index (κ3) is 3.42. The van der Waals surface area contributed by atoms with Crippen molar-refractivity contribution in [3.05, 3.63) is 59.2 Å². The number of aromatic nitrogens is 2. The minimum absolute atomic E-state index is 0.177. The zero-order chi connectivity index (χ0) is 17.2. The van der Waals surface area contributed by atoms with Gasteiger partial charge in [0.2, 0.25) is 5.91 Å². The first-order chi connectivity index (χ1) is 12.2. The van der Waals surface area contributed by atoms with Crippen molar-refractivity contribution in [2.75, 3.05) is 20.1 Å². The summed E-state index contributed by atoms with van der Waals surface area (Å²) in [5.74, 6) is 1.12. The Morgan fingerprint density at radius 1 is 1.24 bits per heavy atom. The molecule has 4 rings (SSSR count). The highest BCUT2D eigenvalue weighted by molar-refractivity contribution is 5.79. The minimum Gasteiger partial charge on any atom is -0.338 e. The van der Waals surface area contributed by atoms with E-state index in [1.807, 2.05) is 41.4 Å². The van der Waals surface area contributed by atoms with Crippen molar-refractivity contribution in [2.24, 2.45) is 0 Å². The maximum Gasteiger partial charge on any atom is 0.227 e. The Labute approximate surface area is 148 Å². The molecule has 2 aromatic rings. The molecule has 0 saturated carbocycles. The summed E-state index contributed by atoms with van der Waals surface area (Å²) in [6.45, 7) is 2.49. The lowest BCUT2D eigenvalue weighted by Crippen LogP contribution is -2.37. The molecule has 25 heavy (non-hydrogen) atoms. The molecule has 0 N–H and O–H groups in total. The molecule has 1 fully saturated rings. The van der Waals surface area contributed by atoms with E-state index in [1.165, 1.54) is 6.42 Å². The Kier molecular flexibility index (Phi) is 4.49. The molecule has 2 aliphatic heterocycles. The molecule has 0 unspecified atom stereocenters. The predicted molar refractivity (Wildman–Crippen MR) is 95.9 cm³/mol. The van der Waals surface area contributed by atoms with Gasteiger partial charge in [-0.1, -0.05) is 30.3 Å². The van der Waals surface area contributed by atoms with E-state index < -0.39 is 0 Å². The van der Waals surface area contributed by atoms with Gasteiger partial charge in [-0.25, -0.2) is 9.97 Å². The second-order valence-electron chi connectivity index (χ2n) is 7.07. The average molecular weight is 336 g/mol. The normalized spacial score (nSPS) is 20.5. The third-order valence-electron chi connectivity index (χ3n) is 5.32. The molecule has 3 heterocycles. The van der Waals surface area contributed by atoms with Crippen molar-refractivity contribution in [2.45, 2.75) is 38.3 Å². The van der Waals surface area contributed by atoms with Gasteiger partial charge in [-0.15, -0.1) is 0 Å². The minimum atomic E-state index is 0.177. The molecule has 0 aliphatic carbocycles. The van der Waals surface area contributed by atoms with Crippen molar-refractivity contribution in [3.63, 3.8) is 0 Å². The second kappa shape index (κ2) is 6.92. The number of hydrogen-bond donors (Lipinski definition) is 0. The van der Waals surface area contributed by atoms with Crippen LogP contribution >= 0.6 is 0 Å². The third-order valence-corrected chi connectivity index (χ3v) is 5.32. The fraction of sp³-hybridized carbons (Fsp3) is 0.450. The maximum absolute atomic E-state index is 12.6. The molecule has 5 heteroatoms. The van der Waals surface area contributed by atoms with Gasteiger partial charge in [-0.05, 0) is 32.0 Å². The highest BCUT2D eigenvalue weighted by atomic mass is 16.2. The molecule has 0 radical (unpaired) electrons. The molecule has 1 atom stereocenters. The van der Waals surface area contributed by atoms with Crippen molar-refractivity contribution >= 4 is 5.91 Å². The summed E-state index contributed by atoms with van der Waals surface area (Å²) in [7, 11) is 2.14. The summed E-state index contributed by atoms with van der Waals surface area (Å²) < 4.78 is 0. The first-order valence-corrected chi connectivity index (χ1v) is 9.07. The van der Waals surface area contributed by atoms with Crippen LogP contribution in [-0.2, 0) is 24.2 Å². The van der Waals surface area contributed by atoms with Crippen molar-refractivity contribution in [1.29, 1.82) is 0 Å². The molecule has 0 bridgehead atoms. The van der Waals surface area contributed by atoms with E-state index in [0.29, 0.717) is 19.0 Å². The first kappa shape index (κ1) is 16.2. The van der Waals surface area contributed by atoms with E-state index in [-0.39, 0.29) is 5.91 Å². The van der Waals surface area contributed by atoms with Crippen LogP contribution in [0, 0.1) is 0 Å². The smallest absolute Gasteiger partial charge is 0.227 e. The fourth-order valence-electron chi connectivity index (χ4n) is 3.82. The zero-order valence-electron chi connectivity index (χ0n) is 14.7. The lowest BCUT2D eigenvalue weighted by Gasteiger charge is -2.29. The molecule has 0 spiro atoms. The summed E-state index contributed by atoms with van der Waals surface area (Å²) in [5, 5.41) is 0. The molecule has 1 aromatic heterocycles. The number of hydrogen-bond acceptors (Lipinski definition) is 4. The van der Waals surface area contributed by atoms with Crippen LogP contribution < -0.4 is 0 Å². The fourth-order valence-corrected chi connectivity index (χ4v) is 3.82. The summed E-state index contributed by atoms with van der Waals surface area (Å²) in [4.78, 5) is 26.3. The zero-order valence-corrected chi connectivity index (χ0v) is 14.7. The molecular formula is C20H24N4O. The molecule has 1 amide bonds. The average Bonchev–Trinajstić information content (AvgIpc) is 3.07. The van der Waals surface area contributed by atoms with Gasteiger partial charge in [-0.3, -0.25) is 9.69 Å². The number of amides is 1. The van der Waals surface area contributed by atoms with Crippen LogP contribution in [0.2, 0.25) is 0 Å². The number of benzene rings is 1. The highest BCUT2D eigenvalue weighted by Crippen LogP contribution is 2.29. The Balaban J connectivity index is 1.45. The molecular weight excluding hydrogens is 312 g/mol. The van der Waals surface area contributed by atoms with Gasteiger partial charge < -0.3 is 4.90 Å². The van der Waals surface area contributed by atoms with Gasteiger partial charge >= 0.3 is 0 Å². The monoisotopic (exact) mass is 336 g/mol. The maximum atomic E-state index is 12.6. The first-order valence-electron chi connectivity index (χ1n) is 9.07. The van der Waals surface area contributed by atoms with E-state index in [4.69, 9.17) is 4.98 Å². The molecule has 5 nitrogen and oxygen atoms in total. The van der Waals surface area contributed by atoms with Gasteiger partial charge in [0.25, 0.3) is 0 Å². The van der Waals surface area contributed by atoms with E-state index >= 15 is 0 Å². The van der Waals surface area contributed by atoms with Crippen LogP contribution in [0.1, 0.15) is 41.5 Å². The Bertz CT molecular complexity index is 762. The quantitative estimate of drug-likeness (QED) is 0.863. The number of rotatable bonds is 3. The Morgan fingerprint density at radius 3 is 2.84 bits per heavy atom. The van der Waals surface area contributed by atoms with Crippen LogP contribution in [-0.4, -0.2) is 45.8 Å². The van der Waals surface area contributed by atoms with Crippen LogP contribution in [0.4, 0.5) is 0 Å². The molecule has 1 saturated heterocycles. The van der Waals surface area contributed by atoms with Gasteiger partial charge in [0.05, 0.1) is 18.2 Å². The van der Waals surface area contributed by atoms with Crippen LogP contribution in [0.15, 0.2) is 36.5 Å². The number of fused-ring (bicyclic) bond motifs is 1. The van der Waals surface area contributed by atoms with Gasteiger partial charge in [0.15, 0.2) is 0 Å². The lowest BCUT2D eigenvalue weighted by atomic mass is 10.0. The SMILES string of the molecule is CN1CCC[C@@H]1c1ncc2c(n1)CCN(C(=O)Cc1ccccc1)C2. The van der Waals surface area contributed by atoms with E-state index in [9.17, 15) is 4.79 Å². The topological polar surface area (TPSA) is 49.3 Å².